The summed E-state index contributed by atoms with van der Waals surface area (Å²) in [5.74, 6) is 1.22. The molecule has 7 heteroatoms. The number of aromatic nitrogens is 2. The van der Waals surface area contributed by atoms with Gasteiger partial charge in [-0.3, -0.25) is 4.90 Å². The number of nitrogens with zero attached hydrogens (tertiary/aromatic N) is 3. The average Bonchev–Trinajstić information content (AvgIpc) is 2.82. The van der Waals surface area contributed by atoms with E-state index >= 15 is 0 Å². The zero-order valence-corrected chi connectivity index (χ0v) is 14.6. The predicted octanol–water partition coefficient (Wildman–Crippen LogP) is 4.87. The fourth-order valence-electron chi connectivity index (χ4n) is 2.56. The van der Waals surface area contributed by atoms with E-state index < -0.39 is 0 Å². The molecule has 1 fully saturated rings. The third kappa shape index (κ3) is 3.54. The lowest BCUT2D eigenvalue weighted by Gasteiger charge is -2.29. The van der Waals surface area contributed by atoms with E-state index in [9.17, 15) is 0 Å². The largest absolute Gasteiger partial charge is 0.409 e. The molecule has 1 aromatic heterocycles. The van der Waals surface area contributed by atoms with Gasteiger partial charge in [0.15, 0.2) is 0 Å². The zero-order valence-electron chi connectivity index (χ0n) is 12.3. The maximum Gasteiger partial charge on any atom is 0.288 e. The highest BCUT2D eigenvalue weighted by Crippen LogP contribution is 2.29. The van der Waals surface area contributed by atoms with Crippen LogP contribution in [0.2, 0.25) is 10.0 Å². The monoisotopic (exact) mass is 357 g/mol. The van der Waals surface area contributed by atoms with Crippen molar-refractivity contribution in [3.63, 3.8) is 0 Å². The second-order valence-electron chi connectivity index (χ2n) is 5.74. The molecule has 1 aromatic carbocycles. The summed E-state index contributed by atoms with van der Waals surface area (Å²) in [7, 11) is 0. The van der Waals surface area contributed by atoms with E-state index in [0.717, 1.165) is 19.0 Å². The molecule has 2 aromatic rings. The Hall–Kier alpha value is -0.880. The van der Waals surface area contributed by atoms with Crippen molar-refractivity contribution in [3.8, 4) is 11.5 Å². The standard InChI is InChI=1S/C15H17Cl2N3OS/c1-10-4-6-19(7-5-10)9-20-15(22)21-14(18-20)12-3-2-11(16)8-13(12)17/h2-3,8,10H,4-7,9H2,1H3. The highest BCUT2D eigenvalue weighted by atomic mass is 35.5. The minimum absolute atomic E-state index is 0.361. The summed E-state index contributed by atoms with van der Waals surface area (Å²) in [6.07, 6.45) is 2.42. The van der Waals surface area contributed by atoms with Gasteiger partial charge in [0.2, 0.25) is 5.89 Å². The number of likely N-dealkylation sites (tertiary alicyclic amines) is 1. The Morgan fingerprint density at radius 1 is 1.32 bits per heavy atom. The van der Waals surface area contributed by atoms with Crippen molar-refractivity contribution in [3.05, 3.63) is 33.1 Å². The molecule has 4 nitrogen and oxygen atoms in total. The van der Waals surface area contributed by atoms with Gasteiger partial charge in [-0.25, -0.2) is 4.68 Å². The van der Waals surface area contributed by atoms with E-state index in [4.69, 9.17) is 39.8 Å². The van der Waals surface area contributed by atoms with E-state index in [1.54, 1.807) is 22.9 Å². The number of rotatable bonds is 3. The van der Waals surface area contributed by atoms with E-state index in [1.165, 1.54) is 12.8 Å². The molecule has 0 unspecified atom stereocenters. The van der Waals surface area contributed by atoms with Crippen LogP contribution in [0.1, 0.15) is 19.8 Å². The van der Waals surface area contributed by atoms with Gasteiger partial charge in [0, 0.05) is 18.1 Å². The average molecular weight is 358 g/mol. The highest BCUT2D eigenvalue weighted by Gasteiger charge is 2.18. The lowest BCUT2D eigenvalue weighted by molar-refractivity contribution is 0.144. The molecular weight excluding hydrogens is 341 g/mol. The molecule has 0 radical (unpaired) electrons. The van der Waals surface area contributed by atoms with Gasteiger partial charge in [-0.1, -0.05) is 30.1 Å². The summed E-state index contributed by atoms with van der Waals surface area (Å²) < 4.78 is 7.31. The van der Waals surface area contributed by atoms with E-state index in [1.807, 2.05) is 0 Å². The first kappa shape index (κ1) is 16.0. The van der Waals surface area contributed by atoms with Crippen LogP contribution in [0.5, 0.6) is 0 Å². The lowest BCUT2D eigenvalue weighted by Crippen LogP contribution is -2.34. The topological polar surface area (TPSA) is 34.2 Å². The molecule has 1 aliphatic heterocycles. The van der Waals surface area contributed by atoms with Crippen molar-refractivity contribution in [1.29, 1.82) is 0 Å². The molecular formula is C15H17Cl2N3OS. The van der Waals surface area contributed by atoms with Crippen molar-refractivity contribution >= 4 is 35.4 Å². The molecule has 3 rings (SSSR count). The molecule has 0 spiro atoms. The first-order valence-corrected chi connectivity index (χ1v) is 8.45. The van der Waals surface area contributed by atoms with Gasteiger partial charge in [0.25, 0.3) is 4.84 Å². The van der Waals surface area contributed by atoms with E-state index in [-0.39, 0.29) is 0 Å². The second-order valence-corrected chi connectivity index (χ2v) is 6.93. The Balaban J connectivity index is 1.80. The van der Waals surface area contributed by atoms with Gasteiger partial charge in [0.05, 0.1) is 17.3 Å². The van der Waals surface area contributed by atoms with Gasteiger partial charge in [-0.2, -0.15) is 0 Å². The summed E-state index contributed by atoms with van der Waals surface area (Å²) in [6, 6.07) is 5.21. The zero-order chi connectivity index (χ0) is 15.7. The number of hydrogen-bond donors (Lipinski definition) is 0. The van der Waals surface area contributed by atoms with Gasteiger partial charge >= 0.3 is 0 Å². The van der Waals surface area contributed by atoms with Crippen LogP contribution in [-0.4, -0.2) is 27.8 Å². The molecule has 0 bridgehead atoms. The molecule has 0 N–H and O–H groups in total. The van der Waals surface area contributed by atoms with Crippen molar-refractivity contribution in [1.82, 2.24) is 14.7 Å². The molecule has 2 heterocycles. The van der Waals surface area contributed by atoms with Crippen molar-refractivity contribution < 1.29 is 4.42 Å². The van der Waals surface area contributed by atoms with E-state index in [2.05, 4.69) is 16.9 Å². The summed E-state index contributed by atoms with van der Waals surface area (Å²) in [4.78, 5) is 2.70. The van der Waals surface area contributed by atoms with Gasteiger partial charge in [-0.05, 0) is 49.2 Å². The summed E-state index contributed by atoms with van der Waals surface area (Å²) in [5, 5.41) is 5.54. The minimum Gasteiger partial charge on any atom is -0.409 e. The molecule has 0 amide bonds. The Bertz CT molecular complexity index is 720. The van der Waals surface area contributed by atoms with Crippen molar-refractivity contribution in [2.75, 3.05) is 13.1 Å². The lowest BCUT2D eigenvalue weighted by atomic mass is 10.00. The van der Waals surface area contributed by atoms with Gasteiger partial charge in [-0.15, -0.1) is 5.10 Å². The summed E-state index contributed by atoms with van der Waals surface area (Å²) in [5.41, 5.74) is 0.697. The molecule has 22 heavy (non-hydrogen) atoms. The first-order valence-electron chi connectivity index (χ1n) is 7.28. The molecule has 1 aliphatic rings. The quantitative estimate of drug-likeness (QED) is 0.733. The fourth-order valence-corrected chi connectivity index (χ4v) is 3.23. The minimum atomic E-state index is 0.361. The molecule has 1 saturated heterocycles. The van der Waals surface area contributed by atoms with Crippen LogP contribution >= 0.6 is 35.4 Å². The normalized spacial score (nSPS) is 17.0. The van der Waals surface area contributed by atoms with Gasteiger partial charge < -0.3 is 4.42 Å². The first-order chi connectivity index (χ1) is 10.5. The SMILES string of the molecule is CC1CCN(Cn2nc(-c3ccc(Cl)cc3Cl)oc2=S)CC1. The summed E-state index contributed by atoms with van der Waals surface area (Å²) in [6.45, 7) is 5.07. The maximum absolute atomic E-state index is 6.20. The fraction of sp³-hybridized carbons (Fsp3) is 0.467. The Kier molecular flexibility index (Phi) is 4.88. The van der Waals surface area contributed by atoms with Gasteiger partial charge in [0.1, 0.15) is 0 Å². The molecule has 0 atom stereocenters. The van der Waals surface area contributed by atoms with E-state index in [0.29, 0.717) is 33.0 Å². The Morgan fingerprint density at radius 2 is 2.05 bits per heavy atom. The second kappa shape index (κ2) is 6.71. The predicted molar refractivity (Wildman–Crippen MR) is 90.8 cm³/mol. The molecule has 0 aliphatic carbocycles. The third-order valence-corrected chi connectivity index (χ3v) is 4.82. The van der Waals surface area contributed by atoms with Crippen LogP contribution in [0.3, 0.4) is 0 Å². The third-order valence-electron chi connectivity index (χ3n) is 3.98. The van der Waals surface area contributed by atoms with Crippen LogP contribution in [0.4, 0.5) is 0 Å². The Morgan fingerprint density at radius 3 is 2.73 bits per heavy atom. The van der Waals surface area contributed by atoms with Crippen molar-refractivity contribution in [2.45, 2.75) is 26.4 Å². The van der Waals surface area contributed by atoms with Crippen LogP contribution in [0.25, 0.3) is 11.5 Å². The Labute approximate surface area is 144 Å². The smallest absolute Gasteiger partial charge is 0.288 e. The molecule has 0 saturated carbocycles. The molecule has 118 valence electrons. The van der Waals surface area contributed by atoms with Crippen LogP contribution in [-0.2, 0) is 6.67 Å². The van der Waals surface area contributed by atoms with Crippen LogP contribution < -0.4 is 0 Å². The summed E-state index contributed by atoms with van der Waals surface area (Å²) >= 11 is 17.4. The van der Waals surface area contributed by atoms with Crippen LogP contribution in [0, 0.1) is 10.8 Å². The number of halogens is 2. The highest BCUT2D eigenvalue weighted by molar-refractivity contribution is 7.71. The number of benzene rings is 1. The number of hydrogen-bond acceptors (Lipinski definition) is 4. The maximum atomic E-state index is 6.20. The van der Waals surface area contributed by atoms with Crippen LogP contribution in [0.15, 0.2) is 22.6 Å². The van der Waals surface area contributed by atoms with Crippen molar-refractivity contribution in [2.24, 2.45) is 5.92 Å². The number of piperidine rings is 1.